The van der Waals surface area contributed by atoms with Gasteiger partial charge in [0.2, 0.25) is 0 Å². The molecule has 0 rings (SSSR count). The van der Waals surface area contributed by atoms with Gasteiger partial charge < -0.3 is 0 Å². The minimum atomic E-state index is -4.67. The average molecular weight is 265 g/mol. The molecule has 0 amide bonds. The summed E-state index contributed by atoms with van der Waals surface area (Å²) < 4.78 is 31.6. The van der Waals surface area contributed by atoms with Crippen LogP contribution in [0.1, 0.15) is 0 Å². The van der Waals surface area contributed by atoms with Gasteiger partial charge >= 0.3 is 33.5 Å². The van der Waals surface area contributed by atoms with Gasteiger partial charge in [-0.2, -0.15) is 8.42 Å². The monoisotopic (exact) mass is 264 g/mol. The molecule has 4 nitrogen and oxygen atoms in total. The molecule has 0 saturated heterocycles. The summed E-state index contributed by atoms with van der Waals surface area (Å²) in [6, 6.07) is 0. The van der Waals surface area contributed by atoms with Crippen molar-refractivity contribution in [2.24, 2.45) is 0 Å². The Balaban J connectivity index is -0.0000000800. The van der Waals surface area contributed by atoms with Gasteiger partial charge in [0.15, 0.2) is 0 Å². The van der Waals surface area contributed by atoms with Crippen molar-refractivity contribution in [2.75, 3.05) is 0 Å². The first kappa shape index (κ1) is 16.0. The summed E-state index contributed by atoms with van der Waals surface area (Å²) in [5, 5.41) is 0. The second-order valence-electron chi connectivity index (χ2n) is 0.448. The van der Waals surface area contributed by atoms with Gasteiger partial charge in [-0.1, -0.05) is 0 Å². The van der Waals surface area contributed by atoms with Crippen molar-refractivity contribution in [1.29, 1.82) is 0 Å². The van der Waals surface area contributed by atoms with Crippen LogP contribution in [0.3, 0.4) is 0 Å². The summed E-state index contributed by atoms with van der Waals surface area (Å²) in [6.07, 6.45) is 0. The Morgan fingerprint density at radius 3 is 1.14 bits per heavy atom. The summed E-state index contributed by atoms with van der Waals surface area (Å²) in [4.78, 5) is 0. The zero-order valence-electron chi connectivity index (χ0n) is 2.62. The van der Waals surface area contributed by atoms with Crippen molar-refractivity contribution in [1.82, 2.24) is 0 Å². The molecule has 0 saturated carbocycles. The third kappa shape index (κ3) is 71.5. The second-order valence-corrected chi connectivity index (χ2v) is 1.34. The Labute approximate surface area is 91.2 Å². The first-order valence-corrected chi connectivity index (χ1v) is 2.10. The average Bonchev–Trinajstić information content (AvgIpc) is 0.722. The Morgan fingerprint density at radius 1 is 1.14 bits per heavy atom. The van der Waals surface area contributed by atoms with E-state index in [1.807, 2.05) is 0 Å². The van der Waals surface area contributed by atoms with E-state index >= 15 is 0 Å². The van der Waals surface area contributed by atoms with Gasteiger partial charge in [-0.15, -0.1) is 0 Å². The molecule has 0 heterocycles. The van der Waals surface area contributed by atoms with Crippen LogP contribution in [0.5, 0.6) is 0 Å². The Hall–Kier alpha value is 2.01. The molecular formula is H4CeMgO4S. The maximum absolute atomic E-state index is 8.74. The van der Waals surface area contributed by atoms with E-state index in [1.54, 1.807) is 0 Å². The van der Waals surface area contributed by atoms with Crippen LogP contribution in [-0.4, -0.2) is 40.6 Å². The van der Waals surface area contributed by atoms with E-state index in [-0.39, 0.29) is 64.8 Å². The number of hydrogen-bond acceptors (Lipinski definition) is 2. The molecule has 0 atom stereocenters. The summed E-state index contributed by atoms with van der Waals surface area (Å²) in [5.41, 5.74) is 0. The SMILES string of the molecule is O=S(=O)(O)O.[Ce].[MgH2]. The third-order valence-corrected chi connectivity index (χ3v) is 0. The molecule has 0 bridgehead atoms. The van der Waals surface area contributed by atoms with E-state index in [0.29, 0.717) is 0 Å². The fourth-order valence-electron chi connectivity index (χ4n) is 0. The van der Waals surface area contributed by atoms with Gasteiger partial charge in [0.1, 0.15) is 0 Å². The van der Waals surface area contributed by atoms with E-state index < -0.39 is 10.4 Å². The minimum Gasteiger partial charge on any atom is -0.264 e. The zero-order chi connectivity index (χ0) is 4.50. The molecule has 0 aliphatic heterocycles. The van der Waals surface area contributed by atoms with Crippen LogP contribution in [0.15, 0.2) is 0 Å². The van der Waals surface area contributed by atoms with E-state index in [2.05, 4.69) is 0 Å². The van der Waals surface area contributed by atoms with Crippen molar-refractivity contribution >= 4 is 33.5 Å². The van der Waals surface area contributed by atoms with Gasteiger partial charge in [0.05, 0.1) is 0 Å². The molecule has 2 N–H and O–H groups in total. The van der Waals surface area contributed by atoms with Crippen molar-refractivity contribution in [3.8, 4) is 0 Å². The summed E-state index contributed by atoms with van der Waals surface area (Å²) in [7, 11) is -4.67. The first-order valence-electron chi connectivity index (χ1n) is 0.698. The van der Waals surface area contributed by atoms with E-state index in [0.717, 1.165) is 0 Å². The van der Waals surface area contributed by atoms with Crippen LogP contribution in [0.4, 0.5) is 0 Å². The van der Waals surface area contributed by atoms with Crippen LogP contribution in [0.25, 0.3) is 0 Å². The molecule has 0 aromatic rings. The second kappa shape index (κ2) is 6.14. The molecule has 7 heteroatoms. The predicted octanol–water partition coefficient (Wildman–Crippen LogP) is -1.57. The minimum absolute atomic E-state index is 0. The summed E-state index contributed by atoms with van der Waals surface area (Å²) in [5.74, 6) is 0. The van der Waals surface area contributed by atoms with Crippen molar-refractivity contribution < 1.29 is 59.3 Å². The maximum Gasteiger partial charge on any atom is 0.394 e. The van der Waals surface area contributed by atoms with E-state index in [9.17, 15) is 0 Å². The van der Waals surface area contributed by atoms with Gasteiger partial charge in [-0.25, -0.2) is 0 Å². The normalized spacial score (nSPS) is 8.29. The molecule has 0 radical (unpaired) electrons. The quantitative estimate of drug-likeness (QED) is 0.410. The van der Waals surface area contributed by atoms with Crippen LogP contribution in [-0.2, 0) is 10.4 Å². The molecule has 0 unspecified atom stereocenters. The smallest absolute Gasteiger partial charge is 0.264 e. The molecule has 0 aromatic heterocycles. The fourth-order valence-corrected chi connectivity index (χ4v) is 0. The molecule has 0 spiro atoms. The Bertz CT molecular complexity index is 94.9. The standard InChI is InChI=1S/Ce.Mg.H2O4S.2H/c;;1-5(2,3)4;;/h;;(H2,1,2,3,4);;. The van der Waals surface area contributed by atoms with Crippen LogP contribution < -0.4 is 0 Å². The molecule has 0 aliphatic carbocycles. The van der Waals surface area contributed by atoms with Gasteiger partial charge in [0.25, 0.3) is 0 Å². The van der Waals surface area contributed by atoms with Crippen molar-refractivity contribution in [2.45, 2.75) is 0 Å². The molecule has 0 fully saturated rings. The largest absolute Gasteiger partial charge is 0.394 e. The van der Waals surface area contributed by atoms with Crippen molar-refractivity contribution in [3.05, 3.63) is 0 Å². The molecule has 40 valence electrons. The van der Waals surface area contributed by atoms with Gasteiger partial charge in [-0.05, 0) is 0 Å². The molecule has 7 heavy (non-hydrogen) atoms. The molecule has 0 aromatic carbocycles. The van der Waals surface area contributed by atoms with Gasteiger partial charge in [-0.3, -0.25) is 9.11 Å². The topological polar surface area (TPSA) is 74.6 Å². The molecule has 0 aliphatic rings. The van der Waals surface area contributed by atoms with Crippen LogP contribution in [0.2, 0.25) is 0 Å². The summed E-state index contributed by atoms with van der Waals surface area (Å²) >= 11 is 0. The fraction of sp³-hybridized carbons (Fsp3) is 0. The number of rotatable bonds is 0. The maximum atomic E-state index is 8.74. The van der Waals surface area contributed by atoms with Gasteiger partial charge in [0, 0.05) is 41.7 Å². The Morgan fingerprint density at radius 2 is 1.14 bits per heavy atom. The van der Waals surface area contributed by atoms with Crippen LogP contribution in [0, 0.1) is 41.7 Å². The zero-order valence-corrected chi connectivity index (χ0v) is 6.58. The predicted molar refractivity (Wildman–Crippen MR) is 22.7 cm³/mol. The first-order chi connectivity index (χ1) is 2.00. The van der Waals surface area contributed by atoms with E-state index in [4.69, 9.17) is 17.5 Å². The van der Waals surface area contributed by atoms with Crippen LogP contribution >= 0.6 is 0 Å². The Kier molecular flexibility index (Phi) is 14.0. The number of hydrogen-bond donors (Lipinski definition) is 2. The third-order valence-electron chi connectivity index (χ3n) is 0. The summed E-state index contributed by atoms with van der Waals surface area (Å²) in [6.45, 7) is 0. The van der Waals surface area contributed by atoms with Crippen molar-refractivity contribution in [3.63, 3.8) is 0 Å². The molecular weight excluding hydrogens is 260 g/mol. The van der Waals surface area contributed by atoms with E-state index in [1.165, 1.54) is 0 Å².